The Morgan fingerprint density at radius 2 is 2.25 bits per heavy atom. The molecule has 0 heterocycles. The van der Waals surface area contributed by atoms with Crippen LogP contribution in [0.2, 0.25) is 0 Å². The van der Waals surface area contributed by atoms with Crippen molar-refractivity contribution in [3.8, 4) is 0 Å². The number of rotatable bonds is 2. The van der Waals surface area contributed by atoms with Crippen molar-refractivity contribution in [2.75, 3.05) is 0 Å². The molecule has 2 nitrogen and oxygen atoms in total. The van der Waals surface area contributed by atoms with Crippen molar-refractivity contribution in [3.63, 3.8) is 0 Å². The molecule has 1 atom stereocenters. The summed E-state index contributed by atoms with van der Waals surface area (Å²) < 4.78 is 0. The molecule has 8 heavy (non-hydrogen) atoms. The molecule has 0 saturated carbocycles. The van der Waals surface area contributed by atoms with Crippen LogP contribution in [0.1, 0.15) is 13.3 Å². The van der Waals surface area contributed by atoms with Gasteiger partial charge in [0.15, 0.2) is 0 Å². The molecule has 0 aromatic heterocycles. The second-order valence-electron chi connectivity index (χ2n) is 1.45. The first-order chi connectivity index (χ1) is 3.13. The zero-order valence-electron chi connectivity index (χ0n) is 4.09. The summed E-state index contributed by atoms with van der Waals surface area (Å²) in [5.74, 6) is -0.789. The average Bonchev–Trinajstić information content (AvgIpc) is 1.27. The minimum atomic E-state index is -0.789. The molecule has 4 heteroatoms. The van der Waals surface area contributed by atoms with Crippen molar-refractivity contribution >= 4 is 70.0 Å². The molecule has 0 spiro atoms. The van der Waals surface area contributed by atoms with Gasteiger partial charge in [-0.1, -0.05) is 6.92 Å². The van der Waals surface area contributed by atoms with Gasteiger partial charge in [0.1, 0.15) is 0 Å². The number of carboxylic acid groups (broad SMARTS) is 1. The summed E-state index contributed by atoms with van der Waals surface area (Å²) >= 11 is 3.86. The Labute approximate surface area is 96.9 Å². The van der Waals surface area contributed by atoms with Gasteiger partial charge in [-0.15, -0.1) is 0 Å². The Kier molecular flexibility index (Phi) is 10.00. The van der Waals surface area contributed by atoms with Crippen molar-refractivity contribution < 1.29 is 9.90 Å². The van der Waals surface area contributed by atoms with E-state index in [-0.39, 0.29) is 63.1 Å². The third-order valence-electron chi connectivity index (χ3n) is 0.470. The molecule has 0 aromatic rings. The fourth-order valence-corrected chi connectivity index (χ4v) is 0.409. The summed E-state index contributed by atoms with van der Waals surface area (Å²) in [6.45, 7) is 1.75. The van der Waals surface area contributed by atoms with E-state index in [0.717, 1.165) is 0 Å². The maximum atomic E-state index is 9.76. The van der Waals surface area contributed by atoms with Crippen LogP contribution < -0.4 is 0 Å². The molecule has 0 aromatic carbocycles. The van der Waals surface area contributed by atoms with Gasteiger partial charge in [0.05, 0.1) is 6.42 Å². The van der Waals surface area contributed by atoms with Crippen LogP contribution in [-0.4, -0.2) is 67.7 Å². The standard InChI is InChI=1S/C4H8O2S.K.H/c1-3(7)2-4(5)6;;/h3,7H,2H2,1H3,(H,5,6);;. The molecule has 44 valence electrons. The first kappa shape index (κ1) is 12.2. The van der Waals surface area contributed by atoms with E-state index < -0.39 is 5.97 Å². The summed E-state index contributed by atoms with van der Waals surface area (Å²) in [5.41, 5.74) is 0. The number of carbonyl (C=O) groups is 1. The number of carboxylic acids is 1. The van der Waals surface area contributed by atoms with Crippen molar-refractivity contribution in [2.24, 2.45) is 0 Å². The molecule has 0 bridgehead atoms. The monoisotopic (exact) mass is 160 g/mol. The Morgan fingerprint density at radius 3 is 2.25 bits per heavy atom. The van der Waals surface area contributed by atoms with Gasteiger partial charge in [0.2, 0.25) is 0 Å². The van der Waals surface area contributed by atoms with Gasteiger partial charge in [-0.2, -0.15) is 12.6 Å². The molecule has 1 unspecified atom stereocenters. The van der Waals surface area contributed by atoms with E-state index in [9.17, 15) is 4.79 Å². The molecule has 0 aliphatic heterocycles. The van der Waals surface area contributed by atoms with Gasteiger partial charge in [0, 0.05) is 5.25 Å². The second kappa shape index (κ2) is 6.57. The van der Waals surface area contributed by atoms with Crippen molar-refractivity contribution in [1.82, 2.24) is 0 Å². The molecule has 0 aliphatic rings. The summed E-state index contributed by atoms with van der Waals surface area (Å²) in [6.07, 6.45) is 0.142. The predicted molar refractivity (Wildman–Crippen MR) is 37.8 cm³/mol. The Morgan fingerprint density at radius 1 is 1.88 bits per heavy atom. The number of thiol groups is 1. The zero-order chi connectivity index (χ0) is 5.86. The van der Waals surface area contributed by atoms with Gasteiger partial charge in [-0.05, 0) is 0 Å². The fourth-order valence-electron chi connectivity index (χ4n) is 0.253. The normalized spacial score (nSPS) is 11.8. The zero-order valence-corrected chi connectivity index (χ0v) is 4.98. The molecule has 0 saturated heterocycles. The third kappa shape index (κ3) is 10.4. The van der Waals surface area contributed by atoms with Crippen LogP contribution >= 0.6 is 12.6 Å². The maximum absolute atomic E-state index is 9.76. The molecule has 0 rings (SSSR count). The summed E-state index contributed by atoms with van der Waals surface area (Å²) in [4.78, 5) is 9.76. The van der Waals surface area contributed by atoms with Crippen LogP contribution in [0.15, 0.2) is 0 Å². The Bertz CT molecular complexity index is 74.4. The van der Waals surface area contributed by atoms with Gasteiger partial charge in [-0.25, -0.2) is 0 Å². The first-order valence-corrected chi connectivity index (χ1v) is 2.54. The third-order valence-corrected chi connectivity index (χ3v) is 0.653. The van der Waals surface area contributed by atoms with Gasteiger partial charge < -0.3 is 5.11 Å². The topological polar surface area (TPSA) is 37.3 Å². The van der Waals surface area contributed by atoms with Crippen molar-refractivity contribution in [1.29, 1.82) is 0 Å². The fraction of sp³-hybridized carbons (Fsp3) is 0.750. The van der Waals surface area contributed by atoms with E-state index in [1.807, 2.05) is 0 Å². The first-order valence-electron chi connectivity index (χ1n) is 2.03. The van der Waals surface area contributed by atoms with E-state index in [2.05, 4.69) is 12.6 Å². The quantitative estimate of drug-likeness (QED) is 0.445. The SMILES string of the molecule is CC(S)CC(=O)O.[KH]. The summed E-state index contributed by atoms with van der Waals surface area (Å²) in [5, 5.41) is 8.00. The van der Waals surface area contributed by atoms with E-state index in [1.54, 1.807) is 6.92 Å². The molecule has 0 radical (unpaired) electrons. The minimum absolute atomic E-state index is 0. The number of hydrogen-bond acceptors (Lipinski definition) is 2. The van der Waals surface area contributed by atoms with Crippen LogP contribution in [0, 0.1) is 0 Å². The van der Waals surface area contributed by atoms with Gasteiger partial charge in [0.25, 0.3) is 0 Å². The van der Waals surface area contributed by atoms with E-state index in [1.165, 1.54) is 0 Å². The van der Waals surface area contributed by atoms with Gasteiger partial charge in [-0.3, -0.25) is 4.79 Å². The van der Waals surface area contributed by atoms with Crippen molar-refractivity contribution in [3.05, 3.63) is 0 Å². The van der Waals surface area contributed by atoms with Crippen LogP contribution in [0.4, 0.5) is 0 Å². The van der Waals surface area contributed by atoms with E-state index >= 15 is 0 Å². The van der Waals surface area contributed by atoms with Crippen molar-refractivity contribution in [2.45, 2.75) is 18.6 Å². The molecule has 0 aliphatic carbocycles. The second-order valence-corrected chi connectivity index (χ2v) is 2.33. The van der Waals surface area contributed by atoms with E-state index in [0.29, 0.717) is 0 Å². The Balaban J connectivity index is 0. The number of hydrogen-bond donors (Lipinski definition) is 2. The number of aliphatic carboxylic acids is 1. The average molecular weight is 160 g/mol. The molecular formula is C4H9KO2S. The molecule has 1 N–H and O–H groups in total. The van der Waals surface area contributed by atoms with Gasteiger partial charge >= 0.3 is 57.4 Å². The molecular weight excluding hydrogens is 151 g/mol. The summed E-state index contributed by atoms with van der Waals surface area (Å²) in [7, 11) is 0. The molecule has 0 fully saturated rings. The Hall–Kier alpha value is 1.46. The van der Waals surface area contributed by atoms with Crippen LogP contribution in [0.25, 0.3) is 0 Å². The predicted octanol–water partition coefficient (Wildman–Crippen LogP) is 0.131. The molecule has 0 amide bonds. The summed E-state index contributed by atoms with van der Waals surface area (Å²) in [6, 6.07) is 0. The van der Waals surface area contributed by atoms with Crippen LogP contribution in [0.5, 0.6) is 0 Å². The van der Waals surface area contributed by atoms with Crippen LogP contribution in [-0.2, 0) is 4.79 Å². The van der Waals surface area contributed by atoms with Crippen LogP contribution in [0.3, 0.4) is 0 Å². The van der Waals surface area contributed by atoms with E-state index in [4.69, 9.17) is 5.11 Å².